The number of ether oxygens (including phenoxy) is 2. The fraction of sp³-hybridized carbons (Fsp3) is 0.143. The molecule has 3 aromatic rings. The third kappa shape index (κ3) is 4.77. The Labute approximate surface area is 161 Å². The summed E-state index contributed by atoms with van der Waals surface area (Å²) in [5.41, 5.74) is 1.27. The lowest BCUT2D eigenvalue weighted by molar-refractivity contribution is -0.146. The lowest BCUT2D eigenvalue weighted by atomic mass is 10.1. The van der Waals surface area contributed by atoms with Gasteiger partial charge in [0.05, 0.1) is 13.5 Å². The quantitative estimate of drug-likeness (QED) is 0.647. The number of anilines is 1. The first-order valence-corrected chi connectivity index (χ1v) is 8.70. The average Bonchev–Trinajstić information content (AvgIpc) is 2.67. The molecule has 5 nitrogen and oxygen atoms in total. The largest absolute Gasteiger partial charge is 0.496 e. The van der Waals surface area contributed by atoms with Crippen molar-refractivity contribution in [2.24, 2.45) is 0 Å². The van der Waals surface area contributed by atoms with Crippen LogP contribution in [0.1, 0.15) is 5.56 Å². The van der Waals surface area contributed by atoms with Gasteiger partial charge >= 0.3 is 5.97 Å². The number of hydrogen-bond acceptors (Lipinski definition) is 4. The summed E-state index contributed by atoms with van der Waals surface area (Å²) < 4.78 is 10.3. The molecule has 0 aliphatic heterocycles. The van der Waals surface area contributed by atoms with E-state index in [-0.39, 0.29) is 13.0 Å². The highest BCUT2D eigenvalue weighted by atomic mass is 35.5. The SMILES string of the molecule is COc1ccc(Cl)cc1CC(=O)OCC(=O)Nc1cccc2ccccc12. The maximum absolute atomic E-state index is 12.2. The van der Waals surface area contributed by atoms with Gasteiger partial charge in [-0.1, -0.05) is 48.0 Å². The normalized spacial score (nSPS) is 10.4. The van der Waals surface area contributed by atoms with Gasteiger partial charge in [-0.25, -0.2) is 0 Å². The number of nitrogens with one attached hydrogen (secondary N) is 1. The zero-order chi connectivity index (χ0) is 19.2. The molecule has 3 rings (SSSR count). The standard InChI is InChI=1S/C21H18ClNO4/c1-26-19-10-9-16(22)11-15(19)12-21(25)27-13-20(24)23-18-8-4-6-14-5-2-3-7-17(14)18/h2-11H,12-13H2,1H3,(H,23,24). The predicted molar refractivity (Wildman–Crippen MR) is 105 cm³/mol. The summed E-state index contributed by atoms with van der Waals surface area (Å²) in [6, 6.07) is 18.3. The van der Waals surface area contributed by atoms with E-state index in [1.165, 1.54) is 7.11 Å². The van der Waals surface area contributed by atoms with E-state index in [9.17, 15) is 9.59 Å². The first-order chi connectivity index (χ1) is 13.1. The van der Waals surface area contributed by atoms with Crippen molar-refractivity contribution >= 4 is 39.9 Å². The van der Waals surface area contributed by atoms with Gasteiger partial charge in [0.2, 0.25) is 0 Å². The van der Waals surface area contributed by atoms with Gasteiger partial charge in [-0.2, -0.15) is 0 Å². The molecule has 3 aromatic carbocycles. The summed E-state index contributed by atoms with van der Waals surface area (Å²) in [5.74, 6) is -0.405. The maximum Gasteiger partial charge on any atom is 0.310 e. The molecule has 6 heteroatoms. The molecule has 1 N–H and O–H groups in total. The van der Waals surface area contributed by atoms with Crippen LogP contribution in [0.3, 0.4) is 0 Å². The van der Waals surface area contributed by atoms with Gasteiger partial charge in [0.15, 0.2) is 6.61 Å². The summed E-state index contributed by atoms with van der Waals surface area (Å²) in [5, 5.41) is 5.20. The number of carbonyl (C=O) groups is 2. The second kappa shape index (κ2) is 8.56. The number of esters is 1. The second-order valence-corrected chi connectivity index (χ2v) is 6.30. The Bertz CT molecular complexity index is 982. The van der Waals surface area contributed by atoms with Crippen molar-refractivity contribution in [3.8, 4) is 5.75 Å². The molecule has 0 aromatic heterocycles. The van der Waals surface area contributed by atoms with Crippen molar-refractivity contribution in [2.75, 3.05) is 19.0 Å². The highest BCUT2D eigenvalue weighted by Crippen LogP contribution is 2.24. The summed E-state index contributed by atoms with van der Waals surface area (Å²) in [4.78, 5) is 24.2. The number of rotatable bonds is 6. The number of carbonyl (C=O) groups excluding carboxylic acids is 2. The highest BCUT2D eigenvalue weighted by Gasteiger charge is 2.13. The van der Waals surface area contributed by atoms with Gasteiger partial charge in [0, 0.05) is 21.7 Å². The van der Waals surface area contributed by atoms with Crippen molar-refractivity contribution in [1.29, 1.82) is 0 Å². The molecular weight excluding hydrogens is 366 g/mol. The van der Waals surface area contributed by atoms with Crippen molar-refractivity contribution in [3.05, 3.63) is 71.2 Å². The molecule has 138 valence electrons. The van der Waals surface area contributed by atoms with Crippen LogP contribution in [0.2, 0.25) is 5.02 Å². The Balaban J connectivity index is 1.59. The summed E-state index contributed by atoms with van der Waals surface area (Å²) in [6.07, 6.45) is -0.0364. The number of benzene rings is 3. The number of methoxy groups -OCH3 is 1. The fourth-order valence-electron chi connectivity index (χ4n) is 2.76. The zero-order valence-corrected chi connectivity index (χ0v) is 15.5. The van der Waals surface area contributed by atoms with Crippen LogP contribution in [0.15, 0.2) is 60.7 Å². The molecule has 0 atom stereocenters. The van der Waals surface area contributed by atoms with Gasteiger partial charge in [-0.05, 0) is 29.7 Å². The predicted octanol–water partition coefficient (Wildman–Crippen LogP) is 4.23. The van der Waals surface area contributed by atoms with Crippen molar-refractivity contribution in [2.45, 2.75) is 6.42 Å². The molecular formula is C21H18ClNO4. The second-order valence-electron chi connectivity index (χ2n) is 5.87. The molecule has 27 heavy (non-hydrogen) atoms. The van der Waals surface area contributed by atoms with Gasteiger partial charge < -0.3 is 14.8 Å². The Morgan fingerprint density at radius 3 is 2.63 bits per heavy atom. The maximum atomic E-state index is 12.2. The van der Waals surface area contributed by atoms with Crippen LogP contribution in [0, 0.1) is 0 Å². The van der Waals surface area contributed by atoms with Crippen LogP contribution in [-0.4, -0.2) is 25.6 Å². The third-order valence-electron chi connectivity index (χ3n) is 4.01. The first kappa shape index (κ1) is 18.7. The van der Waals surface area contributed by atoms with Gasteiger partial charge in [0.25, 0.3) is 5.91 Å². The smallest absolute Gasteiger partial charge is 0.310 e. The monoisotopic (exact) mass is 383 g/mol. The molecule has 0 fully saturated rings. The number of amides is 1. The minimum atomic E-state index is -0.538. The Kier molecular flexibility index (Phi) is 5.94. The van der Waals surface area contributed by atoms with E-state index in [1.807, 2.05) is 36.4 Å². The van der Waals surface area contributed by atoms with Crippen LogP contribution in [0.4, 0.5) is 5.69 Å². The van der Waals surface area contributed by atoms with Crippen LogP contribution < -0.4 is 10.1 Å². The zero-order valence-electron chi connectivity index (χ0n) is 14.7. The summed E-state index contributed by atoms with van der Waals surface area (Å²) >= 11 is 5.95. The van der Waals surface area contributed by atoms with Crippen LogP contribution in [0.5, 0.6) is 5.75 Å². The molecule has 0 saturated heterocycles. The van der Waals surface area contributed by atoms with E-state index in [1.54, 1.807) is 24.3 Å². The molecule has 0 radical (unpaired) electrons. The number of halogens is 1. The van der Waals surface area contributed by atoms with Gasteiger partial charge in [0.1, 0.15) is 5.75 Å². The lowest BCUT2D eigenvalue weighted by Crippen LogP contribution is -2.21. The Hall–Kier alpha value is -3.05. The molecule has 0 heterocycles. The van der Waals surface area contributed by atoms with E-state index in [2.05, 4.69) is 5.32 Å². The van der Waals surface area contributed by atoms with Crippen LogP contribution >= 0.6 is 11.6 Å². The molecule has 1 amide bonds. The molecule has 0 aliphatic rings. The minimum Gasteiger partial charge on any atom is -0.496 e. The Morgan fingerprint density at radius 1 is 1.04 bits per heavy atom. The number of fused-ring (bicyclic) bond motifs is 1. The molecule has 0 spiro atoms. The van der Waals surface area contributed by atoms with Gasteiger partial charge in [-0.3, -0.25) is 9.59 Å². The molecule has 0 unspecified atom stereocenters. The van der Waals surface area contributed by atoms with Gasteiger partial charge in [-0.15, -0.1) is 0 Å². The van der Waals surface area contributed by atoms with Crippen molar-refractivity contribution in [1.82, 2.24) is 0 Å². The van der Waals surface area contributed by atoms with Crippen LogP contribution in [-0.2, 0) is 20.7 Å². The molecule has 0 saturated carbocycles. The minimum absolute atomic E-state index is 0.0364. The van der Waals surface area contributed by atoms with Crippen LogP contribution in [0.25, 0.3) is 10.8 Å². The Morgan fingerprint density at radius 2 is 1.81 bits per heavy atom. The summed E-state index contributed by atoms with van der Waals surface area (Å²) in [6.45, 7) is -0.370. The first-order valence-electron chi connectivity index (χ1n) is 8.32. The lowest BCUT2D eigenvalue weighted by Gasteiger charge is -2.10. The van der Waals surface area contributed by atoms with E-state index < -0.39 is 11.9 Å². The van der Waals surface area contributed by atoms with E-state index >= 15 is 0 Å². The fourth-order valence-corrected chi connectivity index (χ4v) is 2.95. The summed E-state index contributed by atoms with van der Waals surface area (Å²) in [7, 11) is 1.51. The topological polar surface area (TPSA) is 64.6 Å². The molecule has 0 bridgehead atoms. The highest BCUT2D eigenvalue weighted by molar-refractivity contribution is 6.30. The van der Waals surface area contributed by atoms with Crippen molar-refractivity contribution < 1.29 is 19.1 Å². The van der Waals surface area contributed by atoms with Crippen molar-refractivity contribution in [3.63, 3.8) is 0 Å². The van der Waals surface area contributed by atoms with E-state index in [0.717, 1.165) is 10.8 Å². The van der Waals surface area contributed by atoms with E-state index in [4.69, 9.17) is 21.1 Å². The van der Waals surface area contributed by atoms with E-state index in [0.29, 0.717) is 22.0 Å². The number of hydrogen-bond donors (Lipinski definition) is 1. The average molecular weight is 384 g/mol. The third-order valence-corrected chi connectivity index (χ3v) is 4.24. The molecule has 0 aliphatic carbocycles.